The predicted molar refractivity (Wildman–Crippen MR) is 84.6 cm³/mol. The van der Waals surface area contributed by atoms with Gasteiger partial charge in [0.05, 0.1) is 11.5 Å². The first-order valence-corrected chi connectivity index (χ1v) is 9.44. The lowest BCUT2D eigenvalue weighted by Gasteiger charge is -2.10. The summed E-state index contributed by atoms with van der Waals surface area (Å²) in [5.74, 6) is 4.63. The topological polar surface area (TPSA) is 149 Å². The van der Waals surface area contributed by atoms with Gasteiger partial charge in [-0.15, -0.1) is 0 Å². The van der Waals surface area contributed by atoms with Gasteiger partial charge in [0.2, 0.25) is 0 Å². The van der Waals surface area contributed by atoms with E-state index in [9.17, 15) is 16.8 Å². The van der Waals surface area contributed by atoms with Gasteiger partial charge in [0.25, 0.3) is 20.2 Å². The van der Waals surface area contributed by atoms with E-state index in [1.54, 1.807) is 27.7 Å². The van der Waals surface area contributed by atoms with Gasteiger partial charge in [-0.2, -0.15) is 16.8 Å². The third kappa shape index (κ3) is 42.7. The first-order chi connectivity index (χ1) is 9.33. The second kappa shape index (κ2) is 10.1. The molecule has 0 heterocycles. The van der Waals surface area contributed by atoms with E-state index in [1.807, 2.05) is 0 Å². The van der Waals surface area contributed by atoms with Crippen LogP contribution in [0.3, 0.4) is 0 Å². The molecule has 4 N–H and O–H groups in total. The van der Waals surface area contributed by atoms with Crippen LogP contribution in [-0.4, -0.2) is 58.9 Å². The van der Waals surface area contributed by atoms with Gasteiger partial charge in [-0.1, -0.05) is 11.8 Å². The summed E-state index contributed by atoms with van der Waals surface area (Å²) >= 11 is 0. The molecule has 0 saturated carbocycles. The van der Waals surface area contributed by atoms with Crippen LogP contribution in [0.5, 0.6) is 0 Å². The Labute approximate surface area is 133 Å². The smallest absolute Gasteiger partial charge is 0.264 e. The molecule has 0 aliphatic rings. The lowest BCUT2D eigenvalue weighted by atomic mass is 10.1. The van der Waals surface area contributed by atoms with E-state index < -0.39 is 31.4 Å². The monoisotopic (exact) mass is 362 g/mol. The maximum Gasteiger partial charge on any atom is 0.264 e. The predicted octanol–water partition coefficient (Wildman–Crippen LogP) is 0.320. The second-order valence-corrected chi connectivity index (χ2v) is 8.59. The van der Waals surface area contributed by atoms with Crippen LogP contribution in [0.4, 0.5) is 0 Å². The van der Waals surface area contributed by atoms with E-state index in [0.29, 0.717) is 0 Å². The minimum absolute atomic E-state index is 0.201. The number of aliphatic hydroxyl groups is 2. The van der Waals surface area contributed by atoms with Gasteiger partial charge in [0, 0.05) is 0 Å². The molecular weight excluding hydrogens is 336 g/mol. The molecule has 134 valence electrons. The van der Waals surface area contributed by atoms with Gasteiger partial charge in [-0.3, -0.25) is 9.11 Å². The van der Waals surface area contributed by atoms with Crippen molar-refractivity contribution in [3.8, 4) is 11.8 Å². The van der Waals surface area contributed by atoms with Crippen molar-refractivity contribution in [2.75, 3.05) is 11.5 Å². The summed E-state index contributed by atoms with van der Waals surface area (Å²) < 4.78 is 53.8. The molecule has 0 amide bonds. The van der Waals surface area contributed by atoms with Gasteiger partial charge in [0.15, 0.2) is 0 Å². The fraction of sp³-hybridized carbons (Fsp3) is 0.833. The average molecular weight is 362 g/mol. The molecule has 0 aliphatic carbocycles. The van der Waals surface area contributed by atoms with Crippen molar-refractivity contribution in [2.45, 2.75) is 52.7 Å². The Balaban J connectivity index is -0.000000261. The van der Waals surface area contributed by atoms with Crippen molar-refractivity contribution in [1.29, 1.82) is 0 Å². The van der Waals surface area contributed by atoms with Crippen molar-refractivity contribution in [3.05, 3.63) is 0 Å². The van der Waals surface area contributed by atoms with Crippen molar-refractivity contribution < 1.29 is 36.2 Å². The average Bonchev–Trinajstić information content (AvgIpc) is 2.24. The fourth-order valence-corrected chi connectivity index (χ4v) is 0.306. The van der Waals surface area contributed by atoms with Gasteiger partial charge < -0.3 is 10.2 Å². The summed E-state index contributed by atoms with van der Waals surface area (Å²) in [6.07, 6.45) is 0. The van der Waals surface area contributed by atoms with Crippen LogP contribution in [0, 0.1) is 11.8 Å². The lowest BCUT2D eigenvalue weighted by molar-refractivity contribution is 0.131. The molecule has 8 nitrogen and oxygen atoms in total. The highest BCUT2D eigenvalue weighted by Gasteiger charge is 2.10. The maximum absolute atomic E-state index is 9.56. The molecule has 0 atom stereocenters. The molecule has 0 unspecified atom stereocenters. The Morgan fingerprint density at radius 1 is 0.727 bits per heavy atom. The summed E-state index contributed by atoms with van der Waals surface area (Å²) in [6, 6.07) is 0. The standard InChI is InChI=1S/C8H14O2.2C2H6O3S/c1-7(2,9)5-6-8(3,4)10;2*1-2-6(3,4)5/h9-10H,1-4H3;2*2H2,1H3,(H,3,4,5). The molecule has 0 aliphatic heterocycles. The first-order valence-electron chi connectivity index (χ1n) is 6.22. The van der Waals surface area contributed by atoms with Crippen LogP contribution in [0.1, 0.15) is 41.5 Å². The summed E-state index contributed by atoms with van der Waals surface area (Å²) in [6.45, 7) is 9.04. The summed E-state index contributed by atoms with van der Waals surface area (Å²) in [5, 5.41) is 18.2. The molecule has 0 aromatic heterocycles. The van der Waals surface area contributed by atoms with E-state index in [2.05, 4.69) is 11.8 Å². The van der Waals surface area contributed by atoms with Crippen LogP contribution < -0.4 is 0 Å². The van der Waals surface area contributed by atoms with Gasteiger partial charge in [-0.05, 0) is 41.5 Å². The van der Waals surface area contributed by atoms with Crippen molar-refractivity contribution in [1.82, 2.24) is 0 Å². The van der Waals surface area contributed by atoms with Crippen LogP contribution in [0.15, 0.2) is 0 Å². The highest BCUT2D eigenvalue weighted by molar-refractivity contribution is 7.85. The summed E-state index contributed by atoms with van der Waals surface area (Å²) in [7, 11) is -7.32. The zero-order valence-electron chi connectivity index (χ0n) is 13.7. The normalized spacial score (nSPS) is 11.9. The summed E-state index contributed by atoms with van der Waals surface area (Å²) in [4.78, 5) is 0. The Morgan fingerprint density at radius 3 is 0.909 bits per heavy atom. The van der Waals surface area contributed by atoms with Crippen LogP contribution in [0.25, 0.3) is 0 Å². The van der Waals surface area contributed by atoms with Crippen LogP contribution in [0.2, 0.25) is 0 Å². The van der Waals surface area contributed by atoms with E-state index in [4.69, 9.17) is 19.3 Å². The lowest BCUT2D eigenvalue weighted by Crippen LogP contribution is -2.20. The highest BCUT2D eigenvalue weighted by atomic mass is 32.2. The fourth-order valence-electron chi connectivity index (χ4n) is 0.306. The van der Waals surface area contributed by atoms with E-state index >= 15 is 0 Å². The number of rotatable bonds is 2. The molecule has 0 spiro atoms. The number of hydrogen-bond donors (Lipinski definition) is 4. The minimum Gasteiger partial charge on any atom is -0.378 e. The zero-order chi connectivity index (χ0) is 18.8. The molecule has 0 saturated heterocycles. The van der Waals surface area contributed by atoms with E-state index in [-0.39, 0.29) is 11.5 Å². The molecule has 10 heteroatoms. The Kier molecular flexibility index (Phi) is 12.1. The van der Waals surface area contributed by atoms with Crippen LogP contribution >= 0.6 is 0 Å². The molecule has 0 radical (unpaired) electrons. The Morgan fingerprint density at radius 2 is 0.864 bits per heavy atom. The van der Waals surface area contributed by atoms with Gasteiger partial charge in [0.1, 0.15) is 11.2 Å². The van der Waals surface area contributed by atoms with Crippen molar-refractivity contribution in [3.63, 3.8) is 0 Å². The SMILES string of the molecule is CC(C)(O)C#CC(C)(C)O.CCS(=O)(=O)O.CCS(=O)(=O)O. The highest BCUT2D eigenvalue weighted by Crippen LogP contribution is 2.01. The van der Waals surface area contributed by atoms with Crippen molar-refractivity contribution >= 4 is 20.2 Å². The van der Waals surface area contributed by atoms with E-state index in [0.717, 1.165) is 0 Å². The number of hydrogen-bond acceptors (Lipinski definition) is 6. The molecule has 0 fully saturated rings. The molecule has 0 rings (SSSR count). The Hall–Kier alpha value is -0.700. The molecule has 0 bridgehead atoms. The molecule has 0 aromatic rings. The third-order valence-corrected chi connectivity index (χ3v) is 2.86. The third-order valence-electron chi connectivity index (χ3n) is 1.40. The van der Waals surface area contributed by atoms with Crippen LogP contribution in [-0.2, 0) is 20.2 Å². The first kappa shape index (κ1) is 26.2. The minimum atomic E-state index is -3.66. The largest absolute Gasteiger partial charge is 0.378 e. The zero-order valence-corrected chi connectivity index (χ0v) is 15.3. The van der Waals surface area contributed by atoms with Crippen molar-refractivity contribution in [2.24, 2.45) is 0 Å². The van der Waals surface area contributed by atoms with Gasteiger partial charge in [-0.25, -0.2) is 0 Å². The van der Waals surface area contributed by atoms with Gasteiger partial charge >= 0.3 is 0 Å². The summed E-state index contributed by atoms with van der Waals surface area (Å²) in [5.41, 5.74) is -2.03. The quantitative estimate of drug-likeness (QED) is 0.405. The molecule has 22 heavy (non-hydrogen) atoms. The second-order valence-electron chi connectivity index (χ2n) is 5.11. The molecule has 0 aromatic carbocycles. The maximum atomic E-state index is 9.56. The Bertz CT molecular complexity index is 501. The van der Waals surface area contributed by atoms with E-state index in [1.165, 1.54) is 13.8 Å². The molecular formula is C12H26O8S2.